The molecule has 6 heteroatoms. The molecule has 30 heavy (non-hydrogen) atoms. The first kappa shape index (κ1) is 21.8. The Morgan fingerprint density at radius 1 is 1.17 bits per heavy atom. The number of likely N-dealkylation sites (tertiary alicyclic amines) is 1. The Balaban J connectivity index is 1.57. The largest absolute Gasteiger partial charge is 0.497 e. The molecule has 2 aromatic rings. The molecule has 1 fully saturated rings. The number of ether oxygens (including phenoxy) is 1. The van der Waals surface area contributed by atoms with Gasteiger partial charge in [0.2, 0.25) is 11.8 Å². The smallest absolute Gasteiger partial charge is 0.224 e. The van der Waals surface area contributed by atoms with E-state index in [1.54, 1.807) is 31.1 Å². The molecule has 1 saturated heterocycles. The first-order valence-corrected chi connectivity index (χ1v) is 10.3. The fourth-order valence-corrected chi connectivity index (χ4v) is 4.02. The second-order valence-corrected chi connectivity index (χ2v) is 7.86. The minimum Gasteiger partial charge on any atom is -0.497 e. The van der Waals surface area contributed by atoms with Crippen LogP contribution in [0.4, 0.5) is 4.39 Å². The highest BCUT2D eigenvalue weighted by molar-refractivity contribution is 5.81. The molecule has 2 amide bonds. The van der Waals surface area contributed by atoms with Crippen molar-refractivity contribution >= 4 is 11.8 Å². The maximum absolute atomic E-state index is 13.6. The lowest BCUT2D eigenvalue weighted by Crippen LogP contribution is -2.46. The lowest BCUT2D eigenvalue weighted by atomic mass is 9.88. The summed E-state index contributed by atoms with van der Waals surface area (Å²) >= 11 is 0. The highest BCUT2D eigenvalue weighted by Crippen LogP contribution is 2.34. The van der Waals surface area contributed by atoms with Crippen molar-refractivity contribution in [2.24, 2.45) is 5.92 Å². The van der Waals surface area contributed by atoms with Crippen LogP contribution in [0.3, 0.4) is 0 Å². The Hall–Kier alpha value is -2.89. The van der Waals surface area contributed by atoms with Crippen molar-refractivity contribution in [1.29, 1.82) is 0 Å². The topological polar surface area (TPSA) is 58.6 Å². The molecule has 0 radical (unpaired) electrons. The summed E-state index contributed by atoms with van der Waals surface area (Å²) in [5.41, 5.74) is 2.61. The van der Waals surface area contributed by atoms with E-state index < -0.39 is 0 Å². The van der Waals surface area contributed by atoms with Gasteiger partial charge in [-0.25, -0.2) is 4.39 Å². The van der Waals surface area contributed by atoms with E-state index in [4.69, 9.17) is 4.74 Å². The molecule has 0 spiro atoms. The number of hydrogen-bond acceptors (Lipinski definition) is 3. The van der Waals surface area contributed by atoms with Crippen LogP contribution in [-0.2, 0) is 16.0 Å². The Kier molecular flexibility index (Phi) is 7.08. The van der Waals surface area contributed by atoms with Gasteiger partial charge in [-0.3, -0.25) is 9.59 Å². The van der Waals surface area contributed by atoms with E-state index in [-0.39, 0.29) is 29.6 Å². The minimum atomic E-state index is -0.252. The van der Waals surface area contributed by atoms with Crippen LogP contribution in [0, 0.1) is 18.7 Å². The summed E-state index contributed by atoms with van der Waals surface area (Å²) in [6, 6.07) is 12.6. The van der Waals surface area contributed by atoms with Crippen molar-refractivity contribution in [2.75, 3.05) is 20.2 Å². The number of carbonyl (C=O) groups excluding carboxylic acids is 2. The second-order valence-electron chi connectivity index (χ2n) is 7.86. The van der Waals surface area contributed by atoms with Gasteiger partial charge in [-0.05, 0) is 61.1 Å². The summed E-state index contributed by atoms with van der Waals surface area (Å²) in [6.07, 6.45) is 2.11. The van der Waals surface area contributed by atoms with Gasteiger partial charge < -0.3 is 15.0 Å². The number of hydrogen-bond donors (Lipinski definition) is 1. The quantitative estimate of drug-likeness (QED) is 0.785. The number of halogens is 1. The molecule has 1 aliphatic heterocycles. The molecule has 2 aromatic carbocycles. The van der Waals surface area contributed by atoms with Crippen LogP contribution in [0.2, 0.25) is 0 Å². The van der Waals surface area contributed by atoms with Crippen LogP contribution in [0.5, 0.6) is 5.75 Å². The van der Waals surface area contributed by atoms with E-state index >= 15 is 0 Å². The summed E-state index contributed by atoms with van der Waals surface area (Å²) in [6.45, 7) is 4.17. The van der Waals surface area contributed by atoms with E-state index in [0.29, 0.717) is 31.5 Å². The number of nitrogens with one attached hydrogen (secondary N) is 1. The standard InChI is InChI=1S/C24H29FN2O3/c1-16-14-19(6-10-22(16)25)23-11-7-20(15-27(23)17(2)28)24(29)26-13-12-18-4-8-21(30-3)9-5-18/h4-6,8-10,14,20,23H,7,11-13,15H2,1-3H3,(H,26,29)/t20-,23+/m0/s1. The Morgan fingerprint density at radius 2 is 1.90 bits per heavy atom. The van der Waals surface area contributed by atoms with Gasteiger partial charge in [0, 0.05) is 20.0 Å². The SMILES string of the molecule is COc1ccc(CCNC(=O)[C@H]2CC[C@H](c3ccc(F)c(C)c3)N(C(C)=O)C2)cc1. The first-order valence-electron chi connectivity index (χ1n) is 10.3. The molecule has 1 aliphatic rings. The molecule has 1 heterocycles. The number of piperidine rings is 1. The van der Waals surface area contributed by atoms with Crippen LogP contribution in [0.15, 0.2) is 42.5 Å². The van der Waals surface area contributed by atoms with Crippen molar-refractivity contribution in [3.05, 3.63) is 65.0 Å². The Bertz CT molecular complexity index is 898. The zero-order valence-electron chi connectivity index (χ0n) is 17.8. The number of amides is 2. The van der Waals surface area contributed by atoms with Gasteiger partial charge in [0.25, 0.3) is 0 Å². The molecule has 3 rings (SSSR count). The van der Waals surface area contributed by atoms with Crippen LogP contribution in [0.25, 0.3) is 0 Å². The fourth-order valence-electron chi connectivity index (χ4n) is 4.02. The van der Waals surface area contributed by atoms with E-state index in [1.807, 2.05) is 24.3 Å². The van der Waals surface area contributed by atoms with Crippen molar-refractivity contribution < 1.29 is 18.7 Å². The minimum absolute atomic E-state index is 0.0245. The maximum Gasteiger partial charge on any atom is 0.224 e. The van der Waals surface area contributed by atoms with Gasteiger partial charge in [-0.2, -0.15) is 0 Å². The average molecular weight is 413 g/mol. The van der Waals surface area contributed by atoms with Gasteiger partial charge in [0.05, 0.1) is 19.1 Å². The van der Waals surface area contributed by atoms with Crippen LogP contribution < -0.4 is 10.1 Å². The van der Waals surface area contributed by atoms with Crippen LogP contribution in [0.1, 0.15) is 42.5 Å². The molecule has 5 nitrogen and oxygen atoms in total. The summed E-state index contributed by atoms with van der Waals surface area (Å²) in [7, 11) is 1.63. The lowest BCUT2D eigenvalue weighted by Gasteiger charge is -2.39. The van der Waals surface area contributed by atoms with Crippen LogP contribution in [-0.4, -0.2) is 36.9 Å². The molecule has 0 saturated carbocycles. The van der Waals surface area contributed by atoms with E-state index in [1.165, 1.54) is 13.0 Å². The number of methoxy groups -OCH3 is 1. The zero-order valence-corrected chi connectivity index (χ0v) is 17.8. The molecule has 0 unspecified atom stereocenters. The van der Waals surface area contributed by atoms with Gasteiger partial charge in [-0.1, -0.05) is 24.3 Å². The molecule has 160 valence electrons. The summed E-state index contributed by atoms with van der Waals surface area (Å²) in [5, 5.41) is 3.00. The Morgan fingerprint density at radius 3 is 2.53 bits per heavy atom. The fraction of sp³-hybridized carbons (Fsp3) is 0.417. The van der Waals surface area contributed by atoms with E-state index in [0.717, 1.165) is 23.3 Å². The summed E-state index contributed by atoms with van der Waals surface area (Å²) < 4.78 is 18.8. The molecule has 0 aromatic heterocycles. The van der Waals surface area contributed by atoms with Gasteiger partial charge in [0.15, 0.2) is 0 Å². The Labute approximate surface area is 177 Å². The molecule has 1 N–H and O–H groups in total. The average Bonchev–Trinajstić information content (AvgIpc) is 2.75. The van der Waals surface area contributed by atoms with Crippen molar-refractivity contribution in [2.45, 2.75) is 39.2 Å². The monoisotopic (exact) mass is 412 g/mol. The molecule has 2 atom stereocenters. The number of nitrogens with zero attached hydrogens (tertiary/aromatic N) is 1. The molecular formula is C24H29FN2O3. The number of rotatable bonds is 6. The van der Waals surface area contributed by atoms with E-state index in [9.17, 15) is 14.0 Å². The van der Waals surface area contributed by atoms with Gasteiger partial charge in [0.1, 0.15) is 11.6 Å². The maximum atomic E-state index is 13.6. The first-order chi connectivity index (χ1) is 14.4. The van der Waals surface area contributed by atoms with Crippen molar-refractivity contribution in [1.82, 2.24) is 10.2 Å². The lowest BCUT2D eigenvalue weighted by molar-refractivity contribution is -0.137. The summed E-state index contributed by atoms with van der Waals surface area (Å²) in [4.78, 5) is 26.7. The predicted molar refractivity (Wildman–Crippen MR) is 114 cm³/mol. The van der Waals surface area contributed by atoms with Crippen molar-refractivity contribution in [3.8, 4) is 5.75 Å². The second kappa shape index (κ2) is 9.74. The van der Waals surface area contributed by atoms with Gasteiger partial charge in [-0.15, -0.1) is 0 Å². The molecule has 0 aliphatic carbocycles. The summed E-state index contributed by atoms with van der Waals surface area (Å²) in [5.74, 6) is 0.224. The number of carbonyl (C=O) groups is 2. The highest BCUT2D eigenvalue weighted by Gasteiger charge is 2.34. The third-order valence-electron chi connectivity index (χ3n) is 5.80. The zero-order chi connectivity index (χ0) is 21.7. The number of benzene rings is 2. The van der Waals surface area contributed by atoms with Crippen LogP contribution >= 0.6 is 0 Å². The normalized spacial score (nSPS) is 18.7. The van der Waals surface area contributed by atoms with E-state index in [2.05, 4.69) is 5.32 Å². The number of aryl methyl sites for hydroxylation is 1. The third-order valence-corrected chi connectivity index (χ3v) is 5.80. The predicted octanol–water partition coefficient (Wildman–Crippen LogP) is 3.80. The van der Waals surface area contributed by atoms with Crippen molar-refractivity contribution in [3.63, 3.8) is 0 Å². The third kappa shape index (κ3) is 5.17. The van der Waals surface area contributed by atoms with Gasteiger partial charge >= 0.3 is 0 Å². The molecular weight excluding hydrogens is 383 g/mol. The highest BCUT2D eigenvalue weighted by atomic mass is 19.1. The molecule has 0 bridgehead atoms.